The van der Waals surface area contributed by atoms with E-state index in [9.17, 15) is 24.7 Å². The fraction of sp³-hybridized carbons (Fsp3) is 0.263. The van der Waals surface area contributed by atoms with Gasteiger partial charge in [0.2, 0.25) is 0 Å². The molecule has 162 valence electrons. The van der Waals surface area contributed by atoms with Crippen LogP contribution >= 0.6 is 12.4 Å². The van der Waals surface area contributed by atoms with E-state index in [0.717, 1.165) is 5.56 Å². The number of carbonyl (C=O) groups excluding carboxylic acids is 1. The molecule has 30 heavy (non-hydrogen) atoms. The minimum absolute atomic E-state index is 0. The number of halogens is 1. The predicted octanol–water partition coefficient (Wildman–Crippen LogP) is -0.0864. The number of phenols is 1. The van der Waals surface area contributed by atoms with E-state index in [2.05, 4.69) is 10.6 Å². The van der Waals surface area contributed by atoms with Crippen LogP contribution in [0.2, 0.25) is 0 Å². The first kappa shape index (κ1) is 25.4. The Balaban J connectivity index is 0.00000450. The van der Waals surface area contributed by atoms with Gasteiger partial charge in [-0.05, 0) is 35.7 Å². The SMILES string of the molecule is Cl.NCCNCc1ccc(C(=O)N[C@@H](Cc2cccc(C(=O)O)c2O)B(O)O)cc1. The zero-order chi connectivity index (χ0) is 21.4. The van der Waals surface area contributed by atoms with Crippen molar-refractivity contribution in [2.75, 3.05) is 13.1 Å². The third kappa shape index (κ3) is 7.01. The van der Waals surface area contributed by atoms with Crippen molar-refractivity contribution in [1.29, 1.82) is 0 Å². The molecule has 0 aliphatic heterocycles. The smallest absolute Gasteiger partial charge is 0.475 e. The second-order valence-electron chi connectivity index (χ2n) is 6.48. The van der Waals surface area contributed by atoms with Crippen LogP contribution in [-0.2, 0) is 13.0 Å². The molecule has 0 spiro atoms. The van der Waals surface area contributed by atoms with E-state index in [-0.39, 0.29) is 30.0 Å². The first-order chi connectivity index (χ1) is 13.8. The van der Waals surface area contributed by atoms with E-state index in [4.69, 9.17) is 10.8 Å². The number of rotatable bonds is 10. The van der Waals surface area contributed by atoms with Gasteiger partial charge in [-0.3, -0.25) is 4.79 Å². The van der Waals surface area contributed by atoms with Gasteiger partial charge in [-0.1, -0.05) is 24.3 Å². The number of hydrogen-bond acceptors (Lipinski definition) is 7. The average molecular weight is 438 g/mol. The summed E-state index contributed by atoms with van der Waals surface area (Å²) < 4.78 is 0. The summed E-state index contributed by atoms with van der Waals surface area (Å²) in [4.78, 5) is 23.6. The minimum atomic E-state index is -1.91. The van der Waals surface area contributed by atoms with Crippen LogP contribution in [0, 0.1) is 0 Å². The van der Waals surface area contributed by atoms with Crippen LogP contribution in [0.4, 0.5) is 0 Å². The number of nitrogens with one attached hydrogen (secondary N) is 2. The number of aromatic hydroxyl groups is 1. The Kier molecular flexibility index (Phi) is 10.3. The molecule has 1 amide bonds. The van der Waals surface area contributed by atoms with E-state index in [1.807, 2.05) is 0 Å². The van der Waals surface area contributed by atoms with Crippen LogP contribution in [0.1, 0.15) is 31.8 Å². The predicted molar refractivity (Wildman–Crippen MR) is 115 cm³/mol. The Morgan fingerprint density at radius 3 is 2.33 bits per heavy atom. The Labute approximate surface area is 180 Å². The molecule has 0 radical (unpaired) electrons. The summed E-state index contributed by atoms with van der Waals surface area (Å²) in [6.07, 6.45) is -0.169. The largest absolute Gasteiger partial charge is 0.507 e. The van der Waals surface area contributed by atoms with Crippen LogP contribution in [0.15, 0.2) is 42.5 Å². The van der Waals surface area contributed by atoms with Gasteiger partial charge in [0.05, 0.1) is 5.94 Å². The third-order valence-corrected chi connectivity index (χ3v) is 4.33. The molecule has 8 N–H and O–H groups in total. The topological polar surface area (TPSA) is 165 Å². The first-order valence-corrected chi connectivity index (χ1v) is 9.04. The summed E-state index contributed by atoms with van der Waals surface area (Å²) in [6.45, 7) is 1.81. The first-order valence-electron chi connectivity index (χ1n) is 9.04. The highest BCUT2D eigenvalue weighted by atomic mass is 35.5. The fourth-order valence-corrected chi connectivity index (χ4v) is 2.76. The van der Waals surface area contributed by atoms with Gasteiger partial charge in [0.15, 0.2) is 0 Å². The maximum Gasteiger partial charge on any atom is 0.475 e. The summed E-state index contributed by atoms with van der Waals surface area (Å²) in [5.41, 5.74) is 6.56. The second-order valence-corrected chi connectivity index (χ2v) is 6.48. The van der Waals surface area contributed by atoms with Crippen LogP contribution in [0.5, 0.6) is 5.75 Å². The van der Waals surface area contributed by atoms with Gasteiger partial charge in [-0.15, -0.1) is 12.4 Å². The van der Waals surface area contributed by atoms with Crippen LogP contribution in [0.3, 0.4) is 0 Å². The maximum atomic E-state index is 12.5. The number of hydrogen-bond donors (Lipinski definition) is 7. The van der Waals surface area contributed by atoms with Crippen LogP contribution in [-0.4, -0.2) is 58.3 Å². The lowest BCUT2D eigenvalue weighted by Gasteiger charge is -2.19. The standard InChI is InChI=1S/C19H24BN3O6.ClH/c21-8-9-22-11-12-4-6-13(7-5-12)18(25)23-16(20(28)29)10-14-2-1-3-15(17(14)24)19(26)27;/h1-7,16,22,24,28-29H,8-11,21H2,(H,23,25)(H,26,27);1H/t16-;/m0./s1. The summed E-state index contributed by atoms with van der Waals surface area (Å²) in [7, 11) is -1.91. The molecule has 0 aromatic heterocycles. The zero-order valence-electron chi connectivity index (χ0n) is 16.1. The molecular weight excluding hydrogens is 412 g/mol. The van der Waals surface area contributed by atoms with Crippen molar-refractivity contribution < 1.29 is 29.9 Å². The average Bonchev–Trinajstić information content (AvgIpc) is 2.69. The Bertz CT molecular complexity index is 851. The monoisotopic (exact) mass is 437 g/mol. The van der Waals surface area contributed by atoms with E-state index in [0.29, 0.717) is 25.2 Å². The van der Waals surface area contributed by atoms with Gasteiger partial charge in [-0.2, -0.15) is 0 Å². The molecule has 9 nitrogen and oxygen atoms in total. The van der Waals surface area contributed by atoms with Crippen LogP contribution < -0.4 is 16.4 Å². The van der Waals surface area contributed by atoms with Crippen molar-refractivity contribution in [3.63, 3.8) is 0 Å². The third-order valence-electron chi connectivity index (χ3n) is 4.33. The molecule has 2 rings (SSSR count). The van der Waals surface area contributed by atoms with Crippen molar-refractivity contribution in [2.45, 2.75) is 18.9 Å². The number of carbonyl (C=O) groups is 2. The summed E-state index contributed by atoms with van der Waals surface area (Å²) >= 11 is 0. The number of nitrogens with two attached hydrogens (primary N) is 1. The lowest BCUT2D eigenvalue weighted by Crippen LogP contribution is -2.47. The molecule has 0 aliphatic rings. The minimum Gasteiger partial charge on any atom is -0.507 e. The lowest BCUT2D eigenvalue weighted by molar-refractivity contribution is 0.0693. The number of amides is 1. The van der Waals surface area contributed by atoms with Crippen LogP contribution in [0.25, 0.3) is 0 Å². The van der Waals surface area contributed by atoms with E-state index >= 15 is 0 Å². The van der Waals surface area contributed by atoms with E-state index in [1.54, 1.807) is 24.3 Å². The van der Waals surface area contributed by atoms with Gasteiger partial charge < -0.3 is 36.6 Å². The number of benzene rings is 2. The molecule has 0 aliphatic carbocycles. The normalized spacial score (nSPS) is 11.3. The van der Waals surface area contributed by atoms with Crippen molar-refractivity contribution in [1.82, 2.24) is 10.6 Å². The molecular formula is C19H25BClN3O6. The summed E-state index contributed by atoms with van der Waals surface area (Å²) in [6, 6.07) is 10.9. The molecule has 2 aromatic carbocycles. The van der Waals surface area contributed by atoms with Crippen molar-refractivity contribution in [3.8, 4) is 5.75 Å². The van der Waals surface area contributed by atoms with Gasteiger partial charge in [0.25, 0.3) is 5.91 Å². The quantitative estimate of drug-likeness (QED) is 0.200. The van der Waals surface area contributed by atoms with Gasteiger partial charge in [0, 0.05) is 25.2 Å². The number of aromatic carboxylic acids is 1. The Morgan fingerprint density at radius 2 is 1.77 bits per heavy atom. The summed E-state index contributed by atoms with van der Waals surface area (Å²) in [5.74, 6) is -3.47. The maximum absolute atomic E-state index is 12.5. The van der Waals surface area contributed by atoms with Gasteiger partial charge >= 0.3 is 13.1 Å². The number of para-hydroxylation sites is 1. The van der Waals surface area contributed by atoms with E-state index < -0.39 is 30.7 Å². The molecule has 1 atom stereocenters. The highest BCUT2D eigenvalue weighted by molar-refractivity contribution is 6.43. The number of carboxylic acid groups (broad SMARTS) is 1. The zero-order valence-corrected chi connectivity index (χ0v) is 16.9. The molecule has 0 saturated heterocycles. The van der Waals surface area contributed by atoms with Gasteiger partial charge in [0.1, 0.15) is 11.3 Å². The molecule has 0 bridgehead atoms. The highest BCUT2D eigenvalue weighted by Gasteiger charge is 2.28. The molecule has 0 saturated carbocycles. The molecule has 0 unspecified atom stereocenters. The Hall–Kier alpha value is -2.63. The fourth-order valence-electron chi connectivity index (χ4n) is 2.76. The lowest BCUT2D eigenvalue weighted by atomic mass is 9.75. The second kappa shape index (κ2) is 12.2. The Morgan fingerprint density at radius 1 is 1.10 bits per heavy atom. The van der Waals surface area contributed by atoms with Crippen molar-refractivity contribution in [2.24, 2.45) is 5.73 Å². The number of carboxylic acids is 1. The summed E-state index contributed by atoms with van der Waals surface area (Å²) in [5, 5.41) is 44.1. The highest BCUT2D eigenvalue weighted by Crippen LogP contribution is 2.24. The van der Waals surface area contributed by atoms with Gasteiger partial charge in [-0.25, -0.2) is 4.79 Å². The molecule has 11 heteroatoms. The van der Waals surface area contributed by atoms with Crippen molar-refractivity contribution in [3.05, 3.63) is 64.7 Å². The van der Waals surface area contributed by atoms with E-state index in [1.165, 1.54) is 18.2 Å². The molecule has 0 heterocycles. The van der Waals surface area contributed by atoms with Crippen molar-refractivity contribution >= 4 is 31.4 Å². The molecule has 2 aromatic rings. The molecule has 0 fully saturated rings.